The Labute approximate surface area is 144 Å². The lowest BCUT2D eigenvalue weighted by molar-refractivity contribution is -0.118. The van der Waals surface area contributed by atoms with Crippen molar-refractivity contribution < 1.29 is 26.7 Å². The molecule has 24 heavy (non-hydrogen) atoms. The highest BCUT2D eigenvalue weighted by Gasteiger charge is 2.23. The van der Waals surface area contributed by atoms with Crippen molar-refractivity contribution >= 4 is 43.2 Å². The van der Waals surface area contributed by atoms with Crippen molar-refractivity contribution in [3.63, 3.8) is 0 Å². The lowest BCUT2D eigenvalue weighted by atomic mass is 10.2. The molecule has 2 aromatic rings. The van der Waals surface area contributed by atoms with Crippen molar-refractivity contribution in [3.05, 3.63) is 46.4 Å². The van der Waals surface area contributed by atoms with Gasteiger partial charge in [0.2, 0.25) is 0 Å². The molecule has 126 valence electrons. The van der Waals surface area contributed by atoms with E-state index in [0.29, 0.717) is 11.8 Å². The summed E-state index contributed by atoms with van der Waals surface area (Å²) < 4.78 is 59.2. The van der Waals surface area contributed by atoms with Crippen LogP contribution in [0, 0.1) is 11.6 Å². The molecule has 2 N–H and O–H groups in total. The van der Waals surface area contributed by atoms with Crippen molar-refractivity contribution in [3.8, 4) is 5.75 Å². The number of ether oxygens (including phenoxy) is 1. The number of hydrogen-bond donors (Lipinski definition) is 2. The van der Waals surface area contributed by atoms with E-state index in [1.54, 1.807) is 0 Å². The first-order valence-corrected chi connectivity index (χ1v) is 8.78. The van der Waals surface area contributed by atoms with Crippen LogP contribution < -0.4 is 14.8 Å². The summed E-state index contributed by atoms with van der Waals surface area (Å²) in [5, 5.41) is 2.56. The first-order chi connectivity index (χ1) is 11.3. The van der Waals surface area contributed by atoms with Gasteiger partial charge in [-0.2, -0.15) is 0 Å². The number of nitrogens with one attached hydrogen (secondary N) is 2. The minimum atomic E-state index is -4.36. The van der Waals surface area contributed by atoms with Gasteiger partial charge in [-0.25, -0.2) is 17.2 Å². The topological polar surface area (TPSA) is 84.5 Å². The Morgan fingerprint density at radius 1 is 1.21 bits per heavy atom. The first-order valence-electron chi connectivity index (χ1n) is 6.50. The van der Waals surface area contributed by atoms with Crippen molar-refractivity contribution in [1.29, 1.82) is 0 Å². The van der Waals surface area contributed by atoms with Gasteiger partial charge < -0.3 is 10.1 Å². The van der Waals surface area contributed by atoms with Gasteiger partial charge in [-0.3, -0.25) is 9.52 Å². The standard InChI is InChI=1S/C14H9BrF2N2O4S/c15-8-4-11-12(23-6-14(20)18-11)5-10(8)19-24(21,22)13-3-7(16)1-2-9(13)17/h1-5,19H,6H2,(H,18,20). The van der Waals surface area contributed by atoms with Crippen molar-refractivity contribution in [2.75, 3.05) is 16.6 Å². The SMILES string of the molecule is O=C1COc2cc(NS(=O)(=O)c3cc(F)ccc3F)c(Br)cc2N1. The molecule has 1 aliphatic heterocycles. The molecule has 1 aliphatic rings. The summed E-state index contributed by atoms with van der Waals surface area (Å²) in [6.45, 7) is -0.209. The van der Waals surface area contributed by atoms with Crippen LogP contribution in [0.15, 0.2) is 39.7 Å². The van der Waals surface area contributed by atoms with Gasteiger partial charge in [-0.05, 0) is 40.2 Å². The zero-order chi connectivity index (χ0) is 17.5. The molecule has 0 radical (unpaired) electrons. The molecule has 0 aliphatic carbocycles. The van der Waals surface area contributed by atoms with E-state index in [4.69, 9.17) is 4.74 Å². The third-order valence-electron chi connectivity index (χ3n) is 3.13. The molecule has 0 bridgehead atoms. The van der Waals surface area contributed by atoms with Gasteiger partial charge in [0.1, 0.15) is 22.3 Å². The summed E-state index contributed by atoms with van der Waals surface area (Å²) in [5.74, 6) is -2.06. The van der Waals surface area contributed by atoms with E-state index in [1.165, 1.54) is 12.1 Å². The Balaban J connectivity index is 1.99. The van der Waals surface area contributed by atoms with Crippen LogP contribution in [0.25, 0.3) is 0 Å². The number of rotatable bonds is 3. The second-order valence-electron chi connectivity index (χ2n) is 4.85. The Kier molecular flexibility index (Phi) is 4.18. The maximum Gasteiger partial charge on any atom is 0.264 e. The molecule has 3 rings (SSSR count). The van der Waals surface area contributed by atoms with Gasteiger partial charge in [0.15, 0.2) is 6.61 Å². The van der Waals surface area contributed by atoms with Gasteiger partial charge in [-0.1, -0.05) is 0 Å². The summed E-state index contributed by atoms with van der Waals surface area (Å²) in [5.41, 5.74) is 0.409. The predicted molar refractivity (Wildman–Crippen MR) is 85.4 cm³/mol. The van der Waals surface area contributed by atoms with E-state index in [0.717, 1.165) is 12.1 Å². The third kappa shape index (κ3) is 3.20. The van der Waals surface area contributed by atoms with Gasteiger partial charge in [0.05, 0.1) is 11.4 Å². The maximum atomic E-state index is 13.7. The fourth-order valence-electron chi connectivity index (χ4n) is 2.06. The van der Waals surface area contributed by atoms with Crippen LogP contribution in [0.5, 0.6) is 5.75 Å². The summed E-state index contributed by atoms with van der Waals surface area (Å²) in [6.07, 6.45) is 0. The highest BCUT2D eigenvalue weighted by molar-refractivity contribution is 9.10. The number of carbonyl (C=O) groups is 1. The van der Waals surface area contributed by atoms with Crippen molar-refractivity contribution in [2.24, 2.45) is 0 Å². The molecule has 2 aromatic carbocycles. The number of benzene rings is 2. The van der Waals surface area contributed by atoms with Crippen LogP contribution in [0.2, 0.25) is 0 Å². The van der Waals surface area contributed by atoms with E-state index in [-0.39, 0.29) is 28.4 Å². The number of carbonyl (C=O) groups excluding carboxylic acids is 1. The molecular formula is C14H9BrF2N2O4S. The minimum absolute atomic E-state index is 0.0496. The van der Waals surface area contributed by atoms with Gasteiger partial charge in [-0.15, -0.1) is 0 Å². The molecule has 0 fully saturated rings. The summed E-state index contributed by atoms with van der Waals surface area (Å²) >= 11 is 3.15. The number of halogens is 3. The van der Waals surface area contributed by atoms with Crippen molar-refractivity contribution in [2.45, 2.75) is 4.90 Å². The highest BCUT2D eigenvalue weighted by atomic mass is 79.9. The molecule has 1 amide bonds. The average Bonchev–Trinajstić information content (AvgIpc) is 2.50. The second kappa shape index (κ2) is 6.02. The number of amides is 1. The first kappa shape index (κ1) is 16.7. The van der Waals surface area contributed by atoms with Crippen LogP contribution in [-0.4, -0.2) is 20.9 Å². The molecule has 0 atom stereocenters. The van der Waals surface area contributed by atoms with Crippen LogP contribution in [0.3, 0.4) is 0 Å². The summed E-state index contributed by atoms with van der Waals surface area (Å²) in [6, 6.07) is 4.89. The largest absolute Gasteiger partial charge is 0.482 e. The van der Waals surface area contributed by atoms with Crippen LogP contribution in [0.1, 0.15) is 0 Å². The quantitative estimate of drug-likeness (QED) is 0.802. The molecule has 0 spiro atoms. The van der Waals surface area contributed by atoms with Crippen LogP contribution >= 0.6 is 15.9 Å². The summed E-state index contributed by atoms with van der Waals surface area (Å²) in [7, 11) is -4.36. The third-order valence-corrected chi connectivity index (χ3v) is 5.17. The Morgan fingerprint density at radius 2 is 1.96 bits per heavy atom. The predicted octanol–water partition coefficient (Wildman–Crippen LogP) is 2.86. The number of fused-ring (bicyclic) bond motifs is 1. The van der Waals surface area contributed by atoms with Crippen molar-refractivity contribution in [1.82, 2.24) is 0 Å². The number of hydrogen-bond acceptors (Lipinski definition) is 4. The number of anilines is 2. The Morgan fingerprint density at radius 3 is 2.71 bits per heavy atom. The molecule has 0 unspecified atom stereocenters. The second-order valence-corrected chi connectivity index (χ2v) is 7.35. The highest BCUT2D eigenvalue weighted by Crippen LogP contribution is 2.37. The zero-order valence-electron chi connectivity index (χ0n) is 11.8. The smallest absolute Gasteiger partial charge is 0.264 e. The Bertz CT molecular complexity index is 950. The maximum absolute atomic E-state index is 13.7. The molecule has 1 heterocycles. The monoisotopic (exact) mass is 418 g/mol. The summed E-state index contributed by atoms with van der Waals surface area (Å²) in [4.78, 5) is 10.4. The lowest BCUT2D eigenvalue weighted by Crippen LogP contribution is -2.25. The fourth-order valence-corrected chi connectivity index (χ4v) is 3.80. The van der Waals surface area contributed by atoms with E-state index < -0.39 is 26.6 Å². The minimum Gasteiger partial charge on any atom is -0.482 e. The molecule has 6 nitrogen and oxygen atoms in total. The van der Waals surface area contributed by atoms with E-state index >= 15 is 0 Å². The molecule has 0 saturated carbocycles. The van der Waals surface area contributed by atoms with Crippen LogP contribution in [0.4, 0.5) is 20.2 Å². The van der Waals surface area contributed by atoms with E-state index in [9.17, 15) is 22.0 Å². The zero-order valence-corrected chi connectivity index (χ0v) is 14.2. The molecular weight excluding hydrogens is 410 g/mol. The van der Waals surface area contributed by atoms with Gasteiger partial charge in [0.25, 0.3) is 15.9 Å². The van der Waals surface area contributed by atoms with Gasteiger partial charge in [0, 0.05) is 10.5 Å². The average molecular weight is 419 g/mol. The van der Waals surface area contributed by atoms with Crippen LogP contribution in [-0.2, 0) is 14.8 Å². The molecule has 0 saturated heterocycles. The van der Waals surface area contributed by atoms with E-state index in [1.807, 2.05) is 0 Å². The Hall–Kier alpha value is -2.20. The fraction of sp³-hybridized carbons (Fsp3) is 0.0714. The molecule has 10 heteroatoms. The van der Waals surface area contributed by atoms with Gasteiger partial charge >= 0.3 is 0 Å². The lowest BCUT2D eigenvalue weighted by Gasteiger charge is -2.20. The normalized spacial score (nSPS) is 13.7. The van der Waals surface area contributed by atoms with E-state index in [2.05, 4.69) is 26.0 Å². The molecule has 0 aromatic heterocycles. The number of sulfonamides is 1.